The molecule has 0 spiro atoms. The fourth-order valence-electron chi connectivity index (χ4n) is 2.21. The summed E-state index contributed by atoms with van der Waals surface area (Å²) >= 11 is 0. The number of nitrogens with one attached hydrogen (secondary N) is 1. The zero-order valence-electron chi connectivity index (χ0n) is 14.2. The maximum absolute atomic E-state index is 11.6. The summed E-state index contributed by atoms with van der Waals surface area (Å²) in [6.07, 6.45) is 1.58. The van der Waals surface area contributed by atoms with Crippen molar-refractivity contribution in [3.63, 3.8) is 0 Å². The number of ether oxygens (including phenoxy) is 1. The molecule has 0 atom stereocenters. The number of hydrogen-bond acceptors (Lipinski definition) is 3. The molecule has 0 saturated heterocycles. The first kappa shape index (κ1) is 19.0. The number of para-hydroxylation sites is 1. The second-order valence-corrected chi connectivity index (χ2v) is 6.55. The van der Waals surface area contributed by atoms with Crippen LogP contribution in [0.15, 0.2) is 24.3 Å². The molecule has 0 unspecified atom stereocenters. The predicted octanol–water partition coefficient (Wildman–Crippen LogP) is 3.12. The number of carbonyl (C=O) groups is 2. The first-order valence-electron chi connectivity index (χ1n) is 8.01. The van der Waals surface area contributed by atoms with Gasteiger partial charge in [-0.25, -0.2) is 0 Å². The monoisotopic (exact) mass is 321 g/mol. The van der Waals surface area contributed by atoms with Crippen LogP contribution in [0.4, 0.5) is 0 Å². The van der Waals surface area contributed by atoms with Crippen LogP contribution in [0.25, 0.3) is 0 Å². The van der Waals surface area contributed by atoms with Gasteiger partial charge in [0, 0.05) is 12.8 Å². The Kier molecular flexibility index (Phi) is 7.59. The Morgan fingerprint density at radius 2 is 1.78 bits per heavy atom. The molecule has 1 aromatic rings. The molecule has 0 aliphatic rings. The zero-order valence-corrected chi connectivity index (χ0v) is 14.2. The highest BCUT2D eigenvalue weighted by Crippen LogP contribution is 2.30. The summed E-state index contributed by atoms with van der Waals surface area (Å²) in [5, 5.41) is 11.3. The average molecular weight is 321 g/mol. The summed E-state index contributed by atoms with van der Waals surface area (Å²) < 4.78 is 5.78. The summed E-state index contributed by atoms with van der Waals surface area (Å²) in [5.74, 6) is -0.0462. The van der Waals surface area contributed by atoms with Gasteiger partial charge in [0.1, 0.15) is 12.4 Å². The molecule has 0 aliphatic carbocycles. The van der Waals surface area contributed by atoms with E-state index in [9.17, 15) is 9.59 Å². The zero-order chi connectivity index (χ0) is 17.3. The third-order valence-corrected chi connectivity index (χ3v) is 3.42. The topological polar surface area (TPSA) is 75.6 Å². The van der Waals surface area contributed by atoms with Gasteiger partial charge in [-0.2, -0.15) is 0 Å². The van der Waals surface area contributed by atoms with Crippen LogP contribution in [-0.4, -0.2) is 30.1 Å². The molecule has 1 amide bonds. The van der Waals surface area contributed by atoms with Crippen molar-refractivity contribution in [2.24, 2.45) is 0 Å². The van der Waals surface area contributed by atoms with Gasteiger partial charge in [0.25, 0.3) is 0 Å². The summed E-state index contributed by atoms with van der Waals surface area (Å²) in [6.45, 7) is 7.25. The minimum absolute atomic E-state index is 0.00395. The Balaban J connectivity index is 2.28. The molecule has 128 valence electrons. The number of rotatable bonds is 9. The lowest BCUT2D eigenvalue weighted by Gasteiger charge is -2.22. The van der Waals surface area contributed by atoms with Crippen LogP contribution in [0.5, 0.6) is 5.75 Å². The van der Waals surface area contributed by atoms with Crippen LogP contribution in [0.1, 0.15) is 52.0 Å². The number of hydrogen-bond donors (Lipinski definition) is 2. The van der Waals surface area contributed by atoms with Gasteiger partial charge in [-0.1, -0.05) is 39.0 Å². The van der Waals surface area contributed by atoms with E-state index in [0.717, 1.165) is 11.3 Å². The highest BCUT2D eigenvalue weighted by molar-refractivity contribution is 5.75. The van der Waals surface area contributed by atoms with Crippen molar-refractivity contribution in [2.45, 2.75) is 51.9 Å². The number of carboxylic acids is 1. The van der Waals surface area contributed by atoms with Gasteiger partial charge < -0.3 is 15.2 Å². The van der Waals surface area contributed by atoms with E-state index >= 15 is 0 Å². The third kappa shape index (κ3) is 7.68. The highest BCUT2D eigenvalue weighted by atomic mass is 16.5. The standard InChI is InChI=1S/C18H27NO4/c1-18(2,3)14-8-4-5-9-15(14)23-13-12-19-16(20)10-6-7-11-17(21)22/h4-5,8-9H,6-7,10-13H2,1-3H3,(H,19,20)(H,21,22). The highest BCUT2D eigenvalue weighted by Gasteiger charge is 2.18. The Bertz CT molecular complexity index is 520. The molecule has 0 fully saturated rings. The summed E-state index contributed by atoms with van der Waals surface area (Å²) in [7, 11) is 0. The molecule has 0 radical (unpaired) electrons. The van der Waals surface area contributed by atoms with Gasteiger partial charge in [-0.05, 0) is 29.9 Å². The van der Waals surface area contributed by atoms with Crippen LogP contribution in [-0.2, 0) is 15.0 Å². The van der Waals surface area contributed by atoms with Gasteiger partial charge in [0.2, 0.25) is 5.91 Å². The second-order valence-electron chi connectivity index (χ2n) is 6.55. The van der Waals surface area contributed by atoms with Crippen molar-refractivity contribution in [2.75, 3.05) is 13.2 Å². The van der Waals surface area contributed by atoms with E-state index < -0.39 is 5.97 Å². The van der Waals surface area contributed by atoms with Crippen molar-refractivity contribution in [1.29, 1.82) is 0 Å². The van der Waals surface area contributed by atoms with Crippen molar-refractivity contribution in [1.82, 2.24) is 5.32 Å². The summed E-state index contributed by atoms with van der Waals surface area (Å²) in [5.41, 5.74) is 1.14. The Morgan fingerprint density at radius 3 is 2.43 bits per heavy atom. The van der Waals surface area contributed by atoms with Gasteiger partial charge >= 0.3 is 5.97 Å². The first-order valence-corrected chi connectivity index (χ1v) is 8.01. The van der Waals surface area contributed by atoms with E-state index in [1.54, 1.807) is 0 Å². The molecule has 1 aromatic carbocycles. The summed E-state index contributed by atoms with van der Waals surface area (Å²) in [4.78, 5) is 22.0. The van der Waals surface area contributed by atoms with E-state index in [2.05, 4.69) is 32.2 Å². The number of aliphatic carboxylic acids is 1. The molecule has 0 saturated carbocycles. The van der Waals surface area contributed by atoms with Crippen LogP contribution in [0.3, 0.4) is 0 Å². The van der Waals surface area contributed by atoms with E-state index in [-0.39, 0.29) is 17.7 Å². The van der Waals surface area contributed by atoms with Gasteiger partial charge in [0.15, 0.2) is 0 Å². The molecule has 5 nitrogen and oxygen atoms in total. The molecular formula is C18H27NO4. The van der Waals surface area contributed by atoms with E-state index in [0.29, 0.717) is 32.4 Å². The molecule has 23 heavy (non-hydrogen) atoms. The molecule has 0 aromatic heterocycles. The third-order valence-electron chi connectivity index (χ3n) is 3.42. The van der Waals surface area contributed by atoms with Gasteiger partial charge in [0.05, 0.1) is 6.54 Å². The van der Waals surface area contributed by atoms with E-state index in [4.69, 9.17) is 9.84 Å². The summed E-state index contributed by atoms with van der Waals surface area (Å²) in [6, 6.07) is 7.92. The minimum atomic E-state index is -0.823. The number of unbranched alkanes of at least 4 members (excludes halogenated alkanes) is 1. The lowest BCUT2D eigenvalue weighted by Crippen LogP contribution is -2.28. The van der Waals surface area contributed by atoms with Crippen molar-refractivity contribution in [3.8, 4) is 5.75 Å². The number of amides is 1. The molecule has 1 rings (SSSR count). The lowest BCUT2D eigenvalue weighted by atomic mass is 9.86. The molecule has 0 aliphatic heterocycles. The fourth-order valence-corrected chi connectivity index (χ4v) is 2.21. The van der Waals surface area contributed by atoms with Crippen LogP contribution >= 0.6 is 0 Å². The predicted molar refractivity (Wildman–Crippen MR) is 89.8 cm³/mol. The largest absolute Gasteiger partial charge is 0.491 e. The number of benzene rings is 1. The van der Waals surface area contributed by atoms with E-state index in [1.165, 1.54) is 0 Å². The molecular weight excluding hydrogens is 294 g/mol. The van der Waals surface area contributed by atoms with Crippen molar-refractivity contribution < 1.29 is 19.4 Å². The number of carbonyl (C=O) groups excluding carboxylic acids is 1. The van der Waals surface area contributed by atoms with E-state index in [1.807, 2.05) is 18.2 Å². The van der Waals surface area contributed by atoms with Crippen molar-refractivity contribution in [3.05, 3.63) is 29.8 Å². The fraction of sp³-hybridized carbons (Fsp3) is 0.556. The first-order chi connectivity index (χ1) is 10.8. The van der Waals surface area contributed by atoms with Crippen LogP contribution < -0.4 is 10.1 Å². The van der Waals surface area contributed by atoms with Gasteiger partial charge in [-0.3, -0.25) is 9.59 Å². The molecule has 2 N–H and O–H groups in total. The number of carboxylic acid groups (broad SMARTS) is 1. The molecule has 0 bridgehead atoms. The SMILES string of the molecule is CC(C)(C)c1ccccc1OCCNC(=O)CCCCC(=O)O. The average Bonchev–Trinajstić information content (AvgIpc) is 2.47. The molecule has 5 heteroatoms. The molecule has 0 heterocycles. The second kappa shape index (κ2) is 9.18. The lowest BCUT2D eigenvalue weighted by molar-refractivity contribution is -0.137. The maximum Gasteiger partial charge on any atom is 0.303 e. The minimum Gasteiger partial charge on any atom is -0.491 e. The van der Waals surface area contributed by atoms with Crippen LogP contribution in [0.2, 0.25) is 0 Å². The Hall–Kier alpha value is -2.04. The Labute approximate surface area is 138 Å². The van der Waals surface area contributed by atoms with Crippen LogP contribution in [0, 0.1) is 0 Å². The quantitative estimate of drug-likeness (QED) is 0.685. The smallest absolute Gasteiger partial charge is 0.303 e. The van der Waals surface area contributed by atoms with Gasteiger partial charge in [-0.15, -0.1) is 0 Å². The normalized spacial score (nSPS) is 11.1. The van der Waals surface area contributed by atoms with Crippen molar-refractivity contribution >= 4 is 11.9 Å². The maximum atomic E-state index is 11.6. The Morgan fingerprint density at radius 1 is 1.13 bits per heavy atom.